The van der Waals surface area contributed by atoms with Crippen LogP contribution >= 0.6 is 0 Å². The number of carboxylic acid groups (broad SMARTS) is 1. The molecule has 1 fully saturated rings. The van der Waals surface area contributed by atoms with Gasteiger partial charge in [0.2, 0.25) is 0 Å². The second-order valence-corrected chi connectivity index (χ2v) is 7.03. The molecular weight excluding hydrogens is 348 g/mol. The molecule has 3 heterocycles. The topological polar surface area (TPSA) is 83.2 Å². The molecule has 0 aliphatic carbocycles. The fourth-order valence-electron chi connectivity index (χ4n) is 3.83. The molecule has 2 aromatic rings. The Morgan fingerprint density at radius 1 is 1.26 bits per heavy atom. The molecule has 142 valence electrons. The van der Waals surface area contributed by atoms with Gasteiger partial charge < -0.3 is 24.1 Å². The first kappa shape index (κ1) is 17.6. The van der Waals surface area contributed by atoms with E-state index >= 15 is 0 Å². The van der Waals surface area contributed by atoms with Crippen molar-refractivity contribution < 1.29 is 23.8 Å². The lowest BCUT2D eigenvalue weighted by Gasteiger charge is -2.31. The van der Waals surface area contributed by atoms with Crippen molar-refractivity contribution in [3.05, 3.63) is 53.5 Å². The zero-order valence-corrected chi connectivity index (χ0v) is 15.1. The lowest BCUT2D eigenvalue weighted by atomic mass is 10.1. The molecule has 0 radical (unpaired) electrons. The van der Waals surface area contributed by atoms with E-state index in [2.05, 4.69) is 24.0 Å². The van der Waals surface area contributed by atoms with Crippen LogP contribution in [0.2, 0.25) is 0 Å². The van der Waals surface area contributed by atoms with Crippen molar-refractivity contribution in [1.82, 2.24) is 4.90 Å². The summed E-state index contributed by atoms with van der Waals surface area (Å²) < 4.78 is 10.7. The highest BCUT2D eigenvalue weighted by Gasteiger charge is 2.33. The van der Waals surface area contributed by atoms with Crippen LogP contribution in [-0.2, 0) is 22.5 Å². The number of amides is 1. The number of aliphatic carboxylic acids is 1. The van der Waals surface area contributed by atoms with Gasteiger partial charge in [0.1, 0.15) is 0 Å². The van der Waals surface area contributed by atoms with Gasteiger partial charge in [-0.05, 0) is 31.0 Å². The third kappa shape index (κ3) is 3.30. The number of morpholine rings is 1. The van der Waals surface area contributed by atoms with Crippen molar-refractivity contribution in [2.45, 2.75) is 32.0 Å². The van der Waals surface area contributed by atoms with Crippen LogP contribution in [-0.4, -0.2) is 53.7 Å². The Morgan fingerprint density at radius 2 is 2.07 bits per heavy atom. The Kier molecular flexibility index (Phi) is 4.61. The summed E-state index contributed by atoms with van der Waals surface area (Å²) >= 11 is 0. The van der Waals surface area contributed by atoms with Gasteiger partial charge in [-0.3, -0.25) is 4.79 Å². The number of hydrogen-bond acceptors (Lipinski definition) is 5. The molecule has 0 bridgehead atoms. The second kappa shape index (κ2) is 7.08. The molecule has 1 N–H and O–H groups in total. The summed E-state index contributed by atoms with van der Waals surface area (Å²) in [5, 5.41) is 9.14. The Bertz CT molecular complexity index is 862. The number of ether oxygens (including phenoxy) is 1. The number of hydrogen-bond donors (Lipinski definition) is 1. The zero-order valence-electron chi connectivity index (χ0n) is 15.1. The third-order valence-electron chi connectivity index (χ3n) is 5.26. The number of para-hydroxylation sites is 1. The summed E-state index contributed by atoms with van der Waals surface area (Å²) in [4.78, 5) is 27.8. The van der Waals surface area contributed by atoms with Crippen LogP contribution in [0.5, 0.6) is 0 Å². The maximum Gasteiger partial charge on any atom is 0.334 e. The number of carbonyl (C=O) groups is 2. The van der Waals surface area contributed by atoms with Gasteiger partial charge in [0.05, 0.1) is 19.4 Å². The van der Waals surface area contributed by atoms with E-state index in [0.29, 0.717) is 19.1 Å². The molecule has 7 heteroatoms. The number of carbonyl (C=O) groups excluding carboxylic acids is 1. The van der Waals surface area contributed by atoms with Gasteiger partial charge in [-0.15, -0.1) is 0 Å². The van der Waals surface area contributed by atoms with Crippen LogP contribution < -0.4 is 4.90 Å². The lowest BCUT2D eigenvalue weighted by Crippen LogP contribution is -2.48. The number of furan rings is 1. The summed E-state index contributed by atoms with van der Waals surface area (Å²) in [7, 11) is 0. The molecule has 2 atom stereocenters. The highest BCUT2D eigenvalue weighted by atomic mass is 16.5. The minimum absolute atomic E-state index is 0.0251. The Balaban J connectivity index is 1.53. The number of benzene rings is 1. The fourth-order valence-corrected chi connectivity index (χ4v) is 3.83. The van der Waals surface area contributed by atoms with Crippen molar-refractivity contribution in [3.63, 3.8) is 0 Å². The molecule has 1 aromatic heterocycles. The number of rotatable bonds is 4. The Morgan fingerprint density at radius 3 is 2.89 bits per heavy atom. The first-order chi connectivity index (χ1) is 13.0. The highest BCUT2D eigenvalue weighted by Crippen LogP contribution is 2.33. The maximum atomic E-state index is 12.9. The Hall–Kier alpha value is -2.80. The zero-order chi connectivity index (χ0) is 19.0. The second-order valence-electron chi connectivity index (χ2n) is 7.03. The van der Waals surface area contributed by atoms with E-state index in [4.69, 9.17) is 14.3 Å². The van der Waals surface area contributed by atoms with Crippen LogP contribution in [0.4, 0.5) is 5.69 Å². The molecule has 1 aromatic carbocycles. The van der Waals surface area contributed by atoms with E-state index in [1.165, 1.54) is 22.4 Å². The minimum atomic E-state index is -1.06. The average Bonchev–Trinajstić information content (AvgIpc) is 3.26. The number of nitrogens with zero attached hydrogens (tertiary/aromatic N) is 2. The predicted octanol–water partition coefficient (Wildman–Crippen LogP) is 2.16. The molecule has 0 spiro atoms. The number of carboxylic acids is 1. The van der Waals surface area contributed by atoms with Gasteiger partial charge in [0, 0.05) is 30.4 Å². The normalized spacial score (nSPS) is 22.0. The quantitative estimate of drug-likeness (QED) is 0.888. The summed E-state index contributed by atoms with van der Waals surface area (Å²) in [6.45, 7) is 3.32. The molecule has 1 amide bonds. The van der Waals surface area contributed by atoms with E-state index in [0.717, 1.165) is 12.0 Å². The molecule has 2 aliphatic rings. The smallest absolute Gasteiger partial charge is 0.334 e. The lowest BCUT2D eigenvalue weighted by molar-refractivity contribution is -0.154. The molecule has 7 nitrogen and oxygen atoms in total. The van der Waals surface area contributed by atoms with Crippen molar-refractivity contribution in [2.24, 2.45) is 0 Å². The van der Waals surface area contributed by atoms with Crippen LogP contribution in [0, 0.1) is 0 Å². The predicted molar refractivity (Wildman–Crippen MR) is 97.8 cm³/mol. The van der Waals surface area contributed by atoms with E-state index in [1.807, 2.05) is 18.2 Å². The molecular formula is C20H22N2O5. The molecule has 1 saturated heterocycles. The standard InChI is InChI=1S/C20H22N2O5/c1-13-10-14-4-2-3-5-16(14)22(13)11-15-6-8-27-18(15)19(23)21-7-9-26-17(12-21)20(24)25/h2-6,8,13,17H,7,9-12H2,1H3,(H,24,25)/t13-,17+/m1/s1. The van der Waals surface area contributed by atoms with E-state index in [1.54, 1.807) is 0 Å². The average molecular weight is 370 g/mol. The van der Waals surface area contributed by atoms with Crippen LogP contribution in [0.1, 0.15) is 28.6 Å². The summed E-state index contributed by atoms with van der Waals surface area (Å²) in [5.74, 6) is -1.07. The molecule has 0 unspecified atom stereocenters. The third-order valence-corrected chi connectivity index (χ3v) is 5.26. The first-order valence-electron chi connectivity index (χ1n) is 9.09. The molecule has 4 rings (SSSR count). The van der Waals surface area contributed by atoms with Gasteiger partial charge >= 0.3 is 5.97 Å². The monoisotopic (exact) mass is 370 g/mol. The maximum absolute atomic E-state index is 12.9. The van der Waals surface area contributed by atoms with Crippen LogP contribution in [0.25, 0.3) is 0 Å². The molecule has 0 saturated carbocycles. The first-order valence-corrected chi connectivity index (χ1v) is 9.09. The highest BCUT2D eigenvalue weighted by molar-refractivity contribution is 5.93. The van der Waals surface area contributed by atoms with Gasteiger partial charge in [-0.2, -0.15) is 0 Å². The van der Waals surface area contributed by atoms with E-state index in [-0.39, 0.29) is 24.8 Å². The molecule has 27 heavy (non-hydrogen) atoms. The summed E-state index contributed by atoms with van der Waals surface area (Å²) in [6.07, 6.45) is 1.50. The number of anilines is 1. The van der Waals surface area contributed by atoms with Crippen molar-refractivity contribution in [1.29, 1.82) is 0 Å². The molecule has 2 aliphatic heterocycles. The van der Waals surface area contributed by atoms with Crippen molar-refractivity contribution in [3.8, 4) is 0 Å². The van der Waals surface area contributed by atoms with Crippen LogP contribution in [0.15, 0.2) is 41.0 Å². The van der Waals surface area contributed by atoms with E-state index < -0.39 is 12.1 Å². The summed E-state index contributed by atoms with van der Waals surface area (Å²) in [5.41, 5.74) is 3.29. The van der Waals surface area contributed by atoms with Gasteiger partial charge in [0.25, 0.3) is 5.91 Å². The number of fused-ring (bicyclic) bond motifs is 1. The largest absolute Gasteiger partial charge is 0.479 e. The summed E-state index contributed by atoms with van der Waals surface area (Å²) in [6, 6.07) is 10.4. The van der Waals surface area contributed by atoms with Crippen LogP contribution in [0.3, 0.4) is 0 Å². The van der Waals surface area contributed by atoms with Gasteiger partial charge in [0.15, 0.2) is 11.9 Å². The minimum Gasteiger partial charge on any atom is -0.479 e. The fraction of sp³-hybridized carbons (Fsp3) is 0.400. The van der Waals surface area contributed by atoms with Gasteiger partial charge in [-0.1, -0.05) is 18.2 Å². The van der Waals surface area contributed by atoms with Crippen molar-refractivity contribution >= 4 is 17.6 Å². The van der Waals surface area contributed by atoms with E-state index in [9.17, 15) is 9.59 Å². The Labute approximate surface area is 157 Å². The SMILES string of the molecule is C[C@@H]1Cc2ccccc2N1Cc1ccoc1C(=O)N1CCO[C@H](C(=O)O)C1. The van der Waals surface area contributed by atoms with Crippen molar-refractivity contribution in [2.75, 3.05) is 24.6 Å². The van der Waals surface area contributed by atoms with Gasteiger partial charge in [-0.25, -0.2) is 4.79 Å².